The third-order valence-electron chi connectivity index (χ3n) is 3.76. The van der Waals surface area contributed by atoms with Crippen molar-refractivity contribution in [3.05, 3.63) is 70.1 Å². The first-order chi connectivity index (χ1) is 11.7. The van der Waals surface area contributed by atoms with E-state index in [4.69, 9.17) is 9.47 Å². The zero-order chi connectivity index (χ0) is 16.5. The van der Waals surface area contributed by atoms with Crippen LogP contribution >= 0.6 is 11.3 Å². The van der Waals surface area contributed by atoms with E-state index in [9.17, 15) is 4.79 Å². The van der Waals surface area contributed by atoms with Gasteiger partial charge in [-0.25, -0.2) is 4.98 Å². The average Bonchev–Trinajstić information content (AvgIpc) is 3.08. The second kappa shape index (κ2) is 5.98. The quantitative estimate of drug-likeness (QED) is 0.571. The third-order valence-corrected chi connectivity index (χ3v) is 4.52. The van der Waals surface area contributed by atoms with Gasteiger partial charge in [0.05, 0.1) is 12.8 Å². The fourth-order valence-electron chi connectivity index (χ4n) is 2.54. The summed E-state index contributed by atoms with van der Waals surface area (Å²) in [6.07, 6.45) is 1.72. The lowest BCUT2D eigenvalue weighted by Crippen LogP contribution is -2.14. The van der Waals surface area contributed by atoms with Gasteiger partial charge in [-0.15, -0.1) is 11.3 Å². The Morgan fingerprint density at radius 2 is 1.88 bits per heavy atom. The summed E-state index contributed by atoms with van der Waals surface area (Å²) in [5, 5.41) is 3.98. The van der Waals surface area contributed by atoms with Crippen molar-refractivity contribution in [3.63, 3.8) is 0 Å². The van der Waals surface area contributed by atoms with Crippen molar-refractivity contribution in [2.24, 2.45) is 0 Å². The lowest BCUT2D eigenvalue weighted by Gasteiger charge is -2.08. The van der Waals surface area contributed by atoms with Crippen molar-refractivity contribution in [2.45, 2.75) is 6.61 Å². The minimum absolute atomic E-state index is 0.0944. The number of hydrogen-bond donors (Lipinski definition) is 0. The minimum atomic E-state index is -0.0944. The second-order valence-electron chi connectivity index (χ2n) is 5.30. The van der Waals surface area contributed by atoms with Crippen LogP contribution < -0.4 is 15.0 Å². The third kappa shape index (κ3) is 2.72. The number of rotatable bonds is 4. The molecule has 0 fully saturated rings. The summed E-state index contributed by atoms with van der Waals surface area (Å²) in [4.78, 5) is 17.1. The number of thiazole rings is 1. The highest BCUT2D eigenvalue weighted by molar-refractivity contribution is 7.15. The van der Waals surface area contributed by atoms with E-state index in [-0.39, 0.29) is 12.2 Å². The molecular formula is C18H14N2O3S. The molecule has 0 aliphatic heterocycles. The van der Waals surface area contributed by atoms with Gasteiger partial charge in [0.1, 0.15) is 18.1 Å². The van der Waals surface area contributed by atoms with E-state index in [2.05, 4.69) is 4.98 Å². The van der Waals surface area contributed by atoms with Gasteiger partial charge in [-0.3, -0.25) is 9.20 Å². The summed E-state index contributed by atoms with van der Waals surface area (Å²) in [5.74, 6) is 1.53. The summed E-state index contributed by atoms with van der Waals surface area (Å²) in [5.41, 5.74) is 0.524. The van der Waals surface area contributed by atoms with Crippen LogP contribution in [0.2, 0.25) is 0 Å². The topological polar surface area (TPSA) is 52.8 Å². The number of ether oxygens (including phenoxy) is 2. The molecule has 0 aliphatic carbocycles. The molecule has 0 aliphatic rings. The maximum atomic E-state index is 12.0. The van der Waals surface area contributed by atoms with Gasteiger partial charge >= 0.3 is 0 Å². The number of fused-ring (bicyclic) bond motifs is 2. The first-order valence-electron chi connectivity index (χ1n) is 7.39. The molecule has 0 saturated carbocycles. The van der Waals surface area contributed by atoms with Crippen LogP contribution in [0.4, 0.5) is 0 Å². The van der Waals surface area contributed by atoms with Gasteiger partial charge in [-0.2, -0.15) is 0 Å². The zero-order valence-corrected chi connectivity index (χ0v) is 13.7. The Hall–Kier alpha value is -2.86. The molecule has 0 spiro atoms. The molecule has 24 heavy (non-hydrogen) atoms. The Morgan fingerprint density at radius 3 is 2.71 bits per heavy atom. The van der Waals surface area contributed by atoms with Crippen LogP contribution in [0.5, 0.6) is 11.5 Å². The summed E-state index contributed by atoms with van der Waals surface area (Å²) in [7, 11) is 1.65. The molecule has 0 atom stereocenters. The molecule has 0 unspecified atom stereocenters. The van der Waals surface area contributed by atoms with E-state index in [1.54, 1.807) is 13.3 Å². The van der Waals surface area contributed by atoms with Crippen molar-refractivity contribution in [3.8, 4) is 11.5 Å². The number of aromatic nitrogens is 2. The Bertz CT molecular complexity index is 1080. The number of benzene rings is 2. The first kappa shape index (κ1) is 14.7. The van der Waals surface area contributed by atoms with Crippen molar-refractivity contribution in [1.29, 1.82) is 0 Å². The predicted molar refractivity (Wildman–Crippen MR) is 94.2 cm³/mol. The summed E-state index contributed by atoms with van der Waals surface area (Å²) in [6.45, 7) is 0.249. The van der Waals surface area contributed by atoms with Crippen molar-refractivity contribution in [2.75, 3.05) is 7.11 Å². The highest BCUT2D eigenvalue weighted by Crippen LogP contribution is 2.25. The van der Waals surface area contributed by atoms with Crippen molar-refractivity contribution >= 4 is 27.1 Å². The van der Waals surface area contributed by atoms with E-state index in [0.29, 0.717) is 10.7 Å². The van der Waals surface area contributed by atoms with Crippen LogP contribution in [0.15, 0.2) is 58.8 Å². The standard InChI is InChI=1S/C18H14N2O3S/c1-22-15-4-2-12-3-5-16(9-13(12)8-15)23-11-14-10-17(21)20-6-7-24-18(20)19-14/h2-10H,11H2,1H3. The summed E-state index contributed by atoms with van der Waals surface area (Å²) in [6, 6.07) is 13.3. The molecule has 5 nitrogen and oxygen atoms in total. The van der Waals surface area contributed by atoms with E-state index in [1.807, 2.05) is 41.8 Å². The Labute approximate surface area is 141 Å². The Kier molecular flexibility index (Phi) is 3.66. The van der Waals surface area contributed by atoms with E-state index >= 15 is 0 Å². The molecule has 4 aromatic rings. The number of methoxy groups -OCH3 is 1. The molecule has 2 heterocycles. The average molecular weight is 338 g/mol. The molecule has 2 aromatic carbocycles. The summed E-state index contributed by atoms with van der Waals surface area (Å²) < 4.78 is 12.6. The van der Waals surface area contributed by atoms with E-state index in [0.717, 1.165) is 22.3 Å². The molecule has 6 heteroatoms. The van der Waals surface area contributed by atoms with Crippen LogP contribution in [0.1, 0.15) is 5.69 Å². The molecule has 0 radical (unpaired) electrons. The van der Waals surface area contributed by atoms with Gasteiger partial charge in [0.2, 0.25) is 0 Å². The van der Waals surface area contributed by atoms with Gasteiger partial charge in [-0.05, 0) is 35.0 Å². The van der Waals surface area contributed by atoms with E-state index in [1.165, 1.54) is 21.8 Å². The molecule has 120 valence electrons. The smallest absolute Gasteiger partial charge is 0.258 e. The second-order valence-corrected chi connectivity index (χ2v) is 6.18. The van der Waals surface area contributed by atoms with E-state index < -0.39 is 0 Å². The molecule has 0 N–H and O–H groups in total. The first-order valence-corrected chi connectivity index (χ1v) is 8.27. The highest BCUT2D eigenvalue weighted by Gasteiger charge is 2.05. The van der Waals surface area contributed by atoms with Crippen LogP contribution in [0, 0.1) is 0 Å². The normalized spacial score (nSPS) is 11.0. The molecule has 0 amide bonds. The van der Waals surface area contributed by atoms with Crippen LogP contribution in [0.25, 0.3) is 15.7 Å². The Morgan fingerprint density at radius 1 is 1.08 bits per heavy atom. The van der Waals surface area contributed by atoms with Gasteiger partial charge in [0.25, 0.3) is 5.56 Å². The Balaban J connectivity index is 1.60. The largest absolute Gasteiger partial charge is 0.497 e. The van der Waals surface area contributed by atoms with Crippen molar-refractivity contribution in [1.82, 2.24) is 9.38 Å². The fraction of sp³-hybridized carbons (Fsp3) is 0.111. The van der Waals surface area contributed by atoms with Crippen LogP contribution in [-0.4, -0.2) is 16.5 Å². The van der Waals surface area contributed by atoms with Gasteiger partial charge < -0.3 is 9.47 Å². The number of hydrogen-bond acceptors (Lipinski definition) is 5. The molecule has 2 aromatic heterocycles. The van der Waals surface area contributed by atoms with Gasteiger partial charge in [-0.1, -0.05) is 12.1 Å². The highest BCUT2D eigenvalue weighted by atomic mass is 32.1. The molecule has 0 bridgehead atoms. The lowest BCUT2D eigenvalue weighted by atomic mass is 10.1. The fourth-order valence-corrected chi connectivity index (χ4v) is 3.28. The minimum Gasteiger partial charge on any atom is -0.497 e. The zero-order valence-electron chi connectivity index (χ0n) is 12.9. The predicted octanol–water partition coefficient (Wildman–Crippen LogP) is 3.50. The maximum absolute atomic E-state index is 12.0. The van der Waals surface area contributed by atoms with Gasteiger partial charge in [0.15, 0.2) is 4.96 Å². The van der Waals surface area contributed by atoms with Crippen LogP contribution in [0.3, 0.4) is 0 Å². The molecule has 4 rings (SSSR count). The monoisotopic (exact) mass is 338 g/mol. The lowest BCUT2D eigenvalue weighted by molar-refractivity contribution is 0.302. The number of nitrogens with zero attached hydrogens (tertiary/aromatic N) is 2. The summed E-state index contributed by atoms with van der Waals surface area (Å²) >= 11 is 1.43. The van der Waals surface area contributed by atoms with Gasteiger partial charge in [0, 0.05) is 17.6 Å². The molecular weight excluding hydrogens is 324 g/mol. The van der Waals surface area contributed by atoms with Crippen molar-refractivity contribution < 1.29 is 9.47 Å². The maximum Gasteiger partial charge on any atom is 0.258 e. The molecule has 0 saturated heterocycles. The van der Waals surface area contributed by atoms with Crippen LogP contribution in [-0.2, 0) is 6.61 Å². The SMILES string of the molecule is COc1ccc2ccc(OCc3cc(=O)n4ccsc4n3)cc2c1.